The van der Waals surface area contributed by atoms with Gasteiger partial charge in [-0.15, -0.1) is 0 Å². The van der Waals surface area contributed by atoms with E-state index in [0.29, 0.717) is 24.8 Å². The first-order valence-corrected chi connectivity index (χ1v) is 7.44. The summed E-state index contributed by atoms with van der Waals surface area (Å²) in [5.41, 5.74) is 8.86. The standard InChI is InChI=1S/C16H18ClN3O/c17-15-14(13-3-1-2-12(10-13)11-18)4-5-19-16(15)20-6-8-21-9-7-20/h1-5,10H,6-9,11,18H2. The zero-order chi connectivity index (χ0) is 14.7. The van der Waals surface area contributed by atoms with Crippen molar-refractivity contribution in [2.45, 2.75) is 6.54 Å². The van der Waals surface area contributed by atoms with Crippen molar-refractivity contribution < 1.29 is 4.74 Å². The smallest absolute Gasteiger partial charge is 0.148 e. The van der Waals surface area contributed by atoms with E-state index in [0.717, 1.165) is 35.6 Å². The van der Waals surface area contributed by atoms with Crippen molar-refractivity contribution >= 4 is 17.4 Å². The largest absolute Gasteiger partial charge is 0.378 e. The van der Waals surface area contributed by atoms with Crippen molar-refractivity contribution in [1.29, 1.82) is 0 Å². The second-order valence-corrected chi connectivity index (χ2v) is 5.38. The van der Waals surface area contributed by atoms with E-state index >= 15 is 0 Å². The van der Waals surface area contributed by atoms with Gasteiger partial charge in [-0.2, -0.15) is 0 Å². The molecular formula is C16H18ClN3O. The number of nitrogens with two attached hydrogens (primary N) is 1. The van der Waals surface area contributed by atoms with Gasteiger partial charge in [0.25, 0.3) is 0 Å². The first-order valence-electron chi connectivity index (χ1n) is 7.06. The lowest BCUT2D eigenvalue weighted by Crippen LogP contribution is -2.37. The summed E-state index contributed by atoms with van der Waals surface area (Å²) in [5, 5.41) is 0.688. The summed E-state index contributed by atoms with van der Waals surface area (Å²) in [6.45, 7) is 3.58. The lowest BCUT2D eigenvalue weighted by Gasteiger charge is -2.29. The van der Waals surface area contributed by atoms with E-state index in [9.17, 15) is 0 Å². The molecule has 1 aliphatic heterocycles. The summed E-state index contributed by atoms with van der Waals surface area (Å²) in [7, 11) is 0. The van der Waals surface area contributed by atoms with Crippen LogP contribution >= 0.6 is 11.6 Å². The molecule has 110 valence electrons. The monoisotopic (exact) mass is 303 g/mol. The number of pyridine rings is 1. The van der Waals surface area contributed by atoms with Gasteiger partial charge < -0.3 is 15.4 Å². The molecule has 1 saturated heterocycles. The molecule has 0 bridgehead atoms. The summed E-state index contributed by atoms with van der Waals surface area (Å²) in [6.07, 6.45) is 1.81. The molecule has 0 atom stereocenters. The van der Waals surface area contributed by atoms with Gasteiger partial charge in [0.2, 0.25) is 0 Å². The Hall–Kier alpha value is -1.62. The van der Waals surface area contributed by atoms with Crippen LogP contribution in [0.25, 0.3) is 11.1 Å². The van der Waals surface area contributed by atoms with Crippen molar-refractivity contribution in [2.75, 3.05) is 31.2 Å². The quantitative estimate of drug-likeness (QED) is 0.947. The van der Waals surface area contributed by atoms with Crippen LogP contribution in [0.2, 0.25) is 5.02 Å². The molecule has 2 aromatic rings. The van der Waals surface area contributed by atoms with Gasteiger partial charge in [0.1, 0.15) is 5.82 Å². The number of hydrogen-bond donors (Lipinski definition) is 1. The lowest BCUT2D eigenvalue weighted by molar-refractivity contribution is 0.122. The maximum absolute atomic E-state index is 6.60. The van der Waals surface area contributed by atoms with Gasteiger partial charge in [-0.25, -0.2) is 4.98 Å². The minimum Gasteiger partial charge on any atom is -0.378 e. The molecule has 0 amide bonds. The van der Waals surface area contributed by atoms with Gasteiger partial charge in [-0.05, 0) is 23.3 Å². The Labute approximate surface area is 129 Å². The van der Waals surface area contributed by atoms with E-state index in [4.69, 9.17) is 22.1 Å². The second kappa shape index (κ2) is 6.43. The van der Waals surface area contributed by atoms with Gasteiger partial charge in [-0.1, -0.05) is 29.8 Å². The number of halogens is 1. The third-order valence-electron chi connectivity index (χ3n) is 3.66. The van der Waals surface area contributed by atoms with Crippen LogP contribution in [-0.4, -0.2) is 31.3 Å². The fourth-order valence-corrected chi connectivity index (χ4v) is 2.86. The normalized spacial score (nSPS) is 15.2. The summed E-state index contributed by atoms with van der Waals surface area (Å²) < 4.78 is 5.38. The van der Waals surface area contributed by atoms with E-state index in [-0.39, 0.29) is 0 Å². The van der Waals surface area contributed by atoms with Crippen molar-refractivity contribution in [2.24, 2.45) is 5.73 Å². The number of anilines is 1. The maximum atomic E-state index is 6.60. The molecule has 5 heteroatoms. The molecule has 4 nitrogen and oxygen atoms in total. The van der Waals surface area contributed by atoms with Crippen LogP contribution in [0.5, 0.6) is 0 Å². The molecule has 0 spiro atoms. The predicted octanol–water partition coefficient (Wildman–Crippen LogP) is 2.70. The fourth-order valence-electron chi connectivity index (χ4n) is 2.52. The predicted molar refractivity (Wildman–Crippen MR) is 85.6 cm³/mol. The molecule has 1 aromatic heterocycles. The number of aromatic nitrogens is 1. The molecule has 1 fully saturated rings. The zero-order valence-corrected chi connectivity index (χ0v) is 12.5. The summed E-state index contributed by atoms with van der Waals surface area (Å²) in [6, 6.07) is 10.1. The Kier molecular flexibility index (Phi) is 4.39. The number of benzene rings is 1. The molecule has 2 N–H and O–H groups in total. The van der Waals surface area contributed by atoms with Crippen LogP contribution in [0.3, 0.4) is 0 Å². The van der Waals surface area contributed by atoms with Gasteiger partial charge in [-0.3, -0.25) is 0 Å². The zero-order valence-electron chi connectivity index (χ0n) is 11.8. The molecule has 0 saturated carbocycles. The average molecular weight is 304 g/mol. The van der Waals surface area contributed by atoms with E-state index in [2.05, 4.69) is 16.0 Å². The summed E-state index contributed by atoms with van der Waals surface area (Å²) >= 11 is 6.60. The molecule has 1 aliphatic rings. The molecule has 0 aliphatic carbocycles. The first kappa shape index (κ1) is 14.3. The van der Waals surface area contributed by atoms with Crippen molar-refractivity contribution in [3.63, 3.8) is 0 Å². The Bertz CT molecular complexity index is 627. The number of ether oxygens (including phenoxy) is 1. The highest BCUT2D eigenvalue weighted by atomic mass is 35.5. The Balaban J connectivity index is 1.99. The number of rotatable bonds is 3. The van der Waals surface area contributed by atoms with Crippen LogP contribution in [0.4, 0.5) is 5.82 Å². The molecule has 2 heterocycles. The highest BCUT2D eigenvalue weighted by Gasteiger charge is 2.18. The van der Waals surface area contributed by atoms with Gasteiger partial charge in [0, 0.05) is 31.4 Å². The third-order valence-corrected chi connectivity index (χ3v) is 4.03. The van der Waals surface area contributed by atoms with E-state index < -0.39 is 0 Å². The van der Waals surface area contributed by atoms with Gasteiger partial charge in [0.05, 0.1) is 18.2 Å². The van der Waals surface area contributed by atoms with Crippen LogP contribution in [0.1, 0.15) is 5.56 Å². The molecule has 0 radical (unpaired) electrons. The first-order chi connectivity index (χ1) is 10.3. The Morgan fingerprint density at radius 1 is 1.24 bits per heavy atom. The van der Waals surface area contributed by atoms with Gasteiger partial charge in [0.15, 0.2) is 0 Å². The molecule has 1 aromatic carbocycles. The lowest BCUT2D eigenvalue weighted by atomic mass is 10.0. The van der Waals surface area contributed by atoms with Crippen molar-refractivity contribution in [3.8, 4) is 11.1 Å². The maximum Gasteiger partial charge on any atom is 0.148 e. The van der Waals surface area contributed by atoms with Gasteiger partial charge >= 0.3 is 0 Å². The number of morpholine rings is 1. The van der Waals surface area contributed by atoms with Crippen LogP contribution in [0.15, 0.2) is 36.5 Å². The Morgan fingerprint density at radius 2 is 2.05 bits per heavy atom. The summed E-state index contributed by atoms with van der Waals surface area (Å²) in [5.74, 6) is 0.829. The second-order valence-electron chi connectivity index (χ2n) is 5.00. The van der Waals surface area contributed by atoms with Crippen molar-refractivity contribution in [3.05, 3.63) is 47.1 Å². The Morgan fingerprint density at radius 3 is 2.81 bits per heavy atom. The molecule has 0 unspecified atom stereocenters. The minimum absolute atomic E-state index is 0.521. The highest BCUT2D eigenvalue weighted by Crippen LogP contribution is 2.34. The van der Waals surface area contributed by atoms with E-state index in [1.54, 1.807) is 6.20 Å². The van der Waals surface area contributed by atoms with Crippen LogP contribution in [0, 0.1) is 0 Å². The molecular weight excluding hydrogens is 286 g/mol. The fraction of sp³-hybridized carbons (Fsp3) is 0.312. The minimum atomic E-state index is 0.521. The topological polar surface area (TPSA) is 51.4 Å². The highest BCUT2D eigenvalue weighted by molar-refractivity contribution is 6.35. The van der Waals surface area contributed by atoms with E-state index in [1.807, 2.05) is 24.3 Å². The molecule has 21 heavy (non-hydrogen) atoms. The van der Waals surface area contributed by atoms with Crippen LogP contribution in [-0.2, 0) is 11.3 Å². The average Bonchev–Trinajstić information content (AvgIpc) is 2.56. The summed E-state index contributed by atoms with van der Waals surface area (Å²) in [4.78, 5) is 6.61. The number of hydrogen-bond acceptors (Lipinski definition) is 4. The van der Waals surface area contributed by atoms with Crippen LogP contribution < -0.4 is 10.6 Å². The third kappa shape index (κ3) is 3.02. The van der Waals surface area contributed by atoms with E-state index in [1.165, 1.54) is 0 Å². The van der Waals surface area contributed by atoms with Crippen molar-refractivity contribution in [1.82, 2.24) is 4.98 Å². The SMILES string of the molecule is NCc1cccc(-c2ccnc(N3CCOCC3)c2Cl)c1. The molecule has 3 rings (SSSR count). The number of nitrogens with zero attached hydrogens (tertiary/aromatic N) is 2.